The largest absolute Gasteiger partial charge is 0.494 e. The normalized spacial score (nSPS) is 14.3. The number of anilines is 3. The lowest BCUT2D eigenvalue weighted by atomic mass is 9.94. The molecule has 198 valence electrons. The Morgan fingerprint density at radius 1 is 0.897 bits per heavy atom. The van der Waals surface area contributed by atoms with Crippen LogP contribution in [0.3, 0.4) is 0 Å². The van der Waals surface area contributed by atoms with Crippen LogP contribution >= 0.6 is 23.2 Å². The van der Waals surface area contributed by atoms with Gasteiger partial charge in [-0.15, -0.1) is 0 Å². The van der Waals surface area contributed by atoms with E-state index in [0.717, 1.165) is 11.3 Å². The van der Waals surface area contributed by atoms with Crippen molar-refractivity contribution in [1.29, 1.82) is 0 Å². The number of carbonyl (C=O) groups is 2. The predicted octanol–water partition coefficient (Wildman–Crippen LogP) is 6.77. The van der Waals surface area contributed by atoms with Crippen molar-refractivity contribution in [3.63, 3.8) is 0 Å². The zero-order chi connectivity index (χ0) is 27.5. The molecule has 0 fully saturated rings. The monoisotopic (exact) mass is 561 g/mol. The molecule has 0 saturated carbocycles. The Balaban J connectivity index is 1.48. The molecular weight excluding hydrogens is 537 g/mol. The van der Waals surface area contributed by atoms with E-state index in [1.165, 1.54) is 6.20 Å². The highest BCUT2D eigenvalue weighted by molar-refractivity contribution is 6.31. The van der Waals surface area contributed by atoms with Gasteiger partial charge >= 0.3 is 0 Å². The second kappa shape index (κ2) is 11.2. The molecule has 0 radical (unpaired) electrons. The summed E-state index contributed by atoms with van der Waals surface area (Å²) in [6, 6.07) is 20.6. The summed E-state index contributed by atoms with van der Waals surface area (Å²) in [5.41, 5.74) is 3.36. The van der Waals surface area contributed by atoms with Crippen molar-refractivity contribution in [3.8, 4) is 5.75 Å². The molecule has 4 aromatic rings. The minimum Gasteiger partial charge on any atom is -0.494 e. The van der Waals surface area contributed by atoms with Crippen LogP contribution in [-0.2, 0) is 4.79 Å². The number of hydrogen-bond donors (Lipinski definition) is 3. The molecule has 2 heterocycles. The molecule has 1 aliphatic heterocycles. The third-order valence-corrected chi connectivity index (χ3v) is 6.73. The van der Waals surface area contributed by atoms with Crippen molar-refractivity contribution in [3.05, 3.63) is 111 Å². The van der Waals surface area contributed by atoms with Crippen LogP contribution in [0.25, 0.3) is 0 Å². The molecule has 0 spiro atoms. The van der Waals surface area contributed by atoms with Crippen LogP contribution in [0, 0.1) is 0 Å². The molecule has 3 N–H and O–H groups in total. The molecule has 39 heavy (non-hydrogen) atoms. The summed E-state index contributed by atoms with van der Waals surface area (Å²) in [7, 11) is 0. The highest BCUT2D eigenvalue weighted by Crippen LogP contribution is 2.38. The first-order valence-electron chi connectivity index (χ1n) is 12.3. The Labute approximate surface area is 235 Å². The summed E-state index contributed by atoms with van der Waals surface area (Å²) in [4.78, 5) is 26.9. The van der Waals surface area contributed by atoms with E-state index in [2.05, 4.69) is 21.0 Å². The van der Waals surface area contributed by atoms with Gasteiger partial charge in [0.05, 0.1) is 18.4 Å². The summed E-state index contributed by atoms with van der Waals surface area (Å²) in [5, 5.41) is 14.7. The smallest absolute Gasteiger partial charge is 0.261 e. The van der Waals surface area contributed by atoms with Crippen molar-refractivity contribution in [2.24, 2.45) is 0 Å². The van der Waals surface area contributed by atoms with E-state index < -0.39 is 6.04 Å². The maximum atomic E-state index is 13.6. The first-order chi connectivity index (χ1) is 18.8. The van der Waals surface area contributed by atoms with Gasteiger partial charge < -0.3 is 20.7 Å². The molecule has 3 aromatic carbocycles. The number of benzene rings is 3. The van der Waals surface area contributed by atoms with Gasteiger partial charge in [0.2, 0.25) is 0 Å². The van der Waals surface area contributed by atoms with Gasteiger partial charge in [0.15, 0.2) is 0 Å². The summed E-state index contributed by atoms with van der Waals surface area (Å²) >= 11 is 12.1. The van der Waals surface area contributed by atoms with Crippen LogP contribution < -0.4 is 20.7 Å². The predicted molar refractivity (Wildman–Crippen MR) is 154 cm³/mol. The van der Waals surface area contributed by atoms with Gasteiger partial charge in [-0.25, -0.2) is 4.68 Å². The molecule has 0 aliphatic carbocycles. The molecule has 8 nitrogen and oxygen atoms in total. The molecule has 5 rings (SSSR count). The molecule has 1 aromatic heterocycles. The van der Waals surface area contributed by atoms with Crippen molar-refractivity contribution >= 4 is 52.2 Å². The molecular formula is C29H25Cl2N5O3. The Morgan fingerprint density at radius 2 is 1.46 bits per heavy atom. The van der Waals surface area contributed by atoms with Gasteiger partial charge in [0, 0.05) is 27.1 Å². The van der Waals surface area contributed by atoms with Crippen LogP contribution in [0.1, 0.15) is 35.8 Å². The third-order valence-electron chi connectivity index (χ3n) is 6.22. The van der Waals surface area contributed by atoms with E-state index in [-0.39, 0.29) is 11.8 Å². The van der Waals surface area contributed by atoms with Crippen LogP contribution in [0.15, 0.2) is 90.3 Å². The average molecular weight is 562 g/mol. The number of amides is 2. The third kappa shape index (κ3) is 5.62. The summed E-state index contributed by atoms with van der Waals surface area (Å²) in [6.07, 6.45) is 1.49. The Morgan fingerprint density at radius 3 is 2.08 bits per heavy atom. The molecule has 1 atom stereocenters. The maximum Gasteiger partial charge on any atom is 0.261 e. The van der Waals surface area contributed by atoms with Gasteiger partial charge in [0.25, 0.3) is 11.8 Å². The fourth-order valence-corrected chi connectivity index (χ4v) is 4.65. The molecule has 1 aliphatic rings. The second-order valence-electron chi connectivity index (χ2n) is 8.84. The van der Waals surface area contributed by atoms with Crippen molar-refractivity contribution in [1.82, 2.24) is 9.78 Å². The average Bonchev–Trinajstić information content (AvgIpc) is 3.34. The molecule has 0 bridgehead atoms. The highest BCUT2D eigenvalue weighted by atomic mass is 35.5. The quantitative estimate of drug-likeness (QED) is 0.231. The molecule has 2 amide bonds. The van der Waals surface area contributed by atoms with E-state index >= 15 is 0 Å². The molecule has 0 unspecified atom stereocenters. The van der Waals surface area contributed by atoms with Crippen LogP contribution in [0.4, 0.5) is 17.2 Å². The lowest BCUT2D eigenvalue weighted by Crippen LogP contribution is -2.32. The van der Waals surface area contributed by atoms with Gasteiger partial charge in [-0.1, -0.05) is 35.3 Å². The molecule has 10 heteroatoms. The number of allylic oxidation sites excluding steroid dienone is 1. The van der Waals surface area contributed by atoms with E-state index in [4.69, 9.17) is 27.9 Å². The highest BCUT2D eigenvalue weighted by Gasteiger charge is 2.35. The van der Waals surface area contributed by atoms with E-state index in [1.807, 2.05) is 19.1 Å². The number of nitrogens with one attached hydrogen (secondary N) is 3. The van der Waals surface area contributed by atoms with Crippen LogP contribution in [0.5, 0.6) is 5.75 Å². The van der Waals surface area contributed by atoms with Crippen molar-refractivity contribution in [2.75, 3.05) is 22.6 Å². The lowest BCUT2D eigenvalue weighted by molar-refractivity contribution is -0.113. The van der Waals surface area contributed by atoms with E-state index in [9.17, 15) is 9.59 Å². The van der Waals surface area contributed by atoms with Gasteiger partial charge in [-0.05, 0) is 80.1 Å². The summed E-state index contributed by atoms with van der Waals surface area (Å²) in [6.45, 7) is 4.26. The zero-order valence-corrected chi connectivity index (χ0v) is 22.7. The number of nitrogens with zero attached hydrogens (tertiary/aromatic N) is 2. The van der Waals surface area contributed by atoms with Gasteiger partial charge in [-0.3, -0.25) is 9.59 Å². The summed E-state index contributed by atoms with van der Waals surface area (Å²) in [5.74, 6) is 0.531. The fraction of sp³-hybridized carbons (Fsp3) is 0.138. The minimum absolute atomic E-state index is 0.316. The van der Waals surface area contributed by atoms with Crippen LogP contribution in [0.2, 0.25) is 10.0 Å². The topological polar surface area (TPSA) is 97.3 Å². The molecule has 0 saturated heterocycles. The van der Waals surface area contributed by atoms with Crippen molar-refractivity contribution in [2.45, 2.75) is 19.9 Å². The second-order valence-corrected chi connectivity index (χ2v) is 9.71. The minimum atomic E-state index is -0.613. The number of halogens is 2. The number of carbonyl (C=O) groups excluding carboxylic acids is 2. The van der Waals surface area contributed by atoms with E-state index in [1.54, 1.807) is 72.3 Å². The first kappa shape index (κ1) is 26.3. The number of ether oxygens (including phenoxy) is 1. The summed E-state index contributed by atoms with van der Waals surface area (Å²) < 4.78 is 7.11. The fourth-order valence-electron chi connectivity index (χ4n) is 4.40. The van der Waals surface area contributed by atoms with Gasteiger partial charge in [0.1, 0.15) is 23.2 Å². The number of aromatic nitrogens is 2. The zero-order valence-electron chi connectivity index (χ0n) is 21.2. The Hall–Kier alpha value is -4.27. The number of rotatable bonds is 7. The standard InChI is InChI=1S/C29H25Cl2N5O3/c1-3-39-23-14-12-22(13-15-23)34-28(37)24-16-32-36-26(18-4-6-19(30)7-5-18)25(17(2)33-27(24)36)29(38)35-21-10-8-20(31)9-11-21/h4-16,26,33H,3H2,1-2H3,(H,34,37)(H,35,38)/t26-/m0/s1. The SMILES string of the molecule is CCOc1ccc(NC(=O)c2cnn3c2NC(C)=C(C(=O)Nc2ccc(Cl)cc2)[C@@H]3c2ccc(Cl)cc2)cc1. The lowest BCUT2D eigenvalue weighted by Gasteiger charge is -2.30. The Kier molecular flexibility index (Phi) is 7.58. The number of fused-ring (bicyclic) bond motifs is 1. The Bertz CT molecular complexity index is 1550. The first-order valence-corrected chi connectivity index (χ1v) is 13.0. The van der Waals surface area contributed by atoms with Gasteiger partial charge in [-0.2, -0.15) is 5.10 Å². The van der Waals surface area contributed by atoms with Crippen molar-refractivity contribution < 1.29 is 14.3 Å². The number of hydrogen-bond acceptors (Lipinski definition) is 5. The van der Waals surface area contributed by atoms with E-state index in [0.29, 0.717) is 50.7 Å². The maximum absolute atomic E-state index is 13.6. The van der Waals surface area contributed by atoms with Crippen LogP contribution in [-0.4, -0.2) is 28.2 Å².